The highest BCUT2D eigenvalue weighted by Gasteiger charge is 2.33. The lowest BCUT2D eigenvalue weighted by atomic mass is 10.1. The molecule has 0 aliphatic rings. The van der Waals surface area contributed by atoms with Crippen LogP contribution in [-0.4, -0.2) is 0 Å². The molecule has 0 heterocycles. The van der Waals surface area contributed by atoms with Crippen LogP contribution in [0.25, 0.3) is 0 Å². The Balaban J connectivity index is 2.21. The van der Waals surface area contributed by atoms with Gasteiger partial charge in [-0.2, -0.15) is 13.2 Å². The summed E-state index contributed by atoms with van der Waals surface area (Å²) in [6.45, 7) is 0. The Morgan fingerprint density at radius 1 is 1.05 bits per heavy atom. The molecule has 0 saturated carbocycles. The molecule has 2 rings (SSSR count). The summed E-state index contributed by atoms with van der Waals surface area (Å²) < 4.78 is 51.7. The number of hydrogen-bond donors (Lipinski definition) is 1. The molecule has 2 N–H and O–H groups in total. The van der Waals surface area contributed by atoms with E-state index >= 15 is 0 Å². The summed E-state index contributed by atoms with van der Waals surface area (Å²) in [5.41, 5.74) is 4.84. The first-order valence-corrected chi connectivity index (χ1v) is 6.69. The SMILES string of the molecule is Nc1ccc(CSc2cccc(F)c2)c(C(F)(F)F)c1. The van der Waals surface area contributed by atoms with Gasteiger partial charge in [-0.3, -0.25) is 0 Å². The number of halogens is 4. The van der Waals surface area contributed by atoms with E-state index in [4.69, 9.17) is 5.73 Å². The summed E-state index contributed by atoms with van der Waals surface area (Å²) in [6.07, 6.45) is -4.45. The van der Waals surface area contributed by atoms with Crippen LogP contribution < -0.4 is 5.73 Å². The van der Waals surface area contributed by atoms with Crippen LogP contribution in [-0.2, 0) is 11.9 Å². The lowest BCUT2D eigenvalue weighted by Crippen LogP contribution is -2.09. The van der Waals surface area contributed by atoms with Gasteiger partial charge in [0.1, 0.15) is 5.82 Å². The number of benzene rings is 2. The summed E-state index contributed by atoms with van der Waals surface area (Å²) in [5, 5.41) is 0. The molecule has 0 radical (unpaired) electrons. The number of hydrogen-bond acceptors (Lipinski definition) is 2. The topological polar surface area (TPSA) is 26.0 Å². The molecule has 0 atom stereocenters. The molecule has 106 valence electrons. The molecule has 0 amide bonds. The second-order valence-electron chi connectivity index (χ2n) is 4.16. The maximum absolute atomic E-state index is 13.0. The molecule has 0 saturated heterocycles. The Morgan fingerprint density at radius 3 is 2.45 bits per heavy atom. The highest BCUT2D eigenvalue weighted by molar-refractivity contribution is 7.98. The van der Waals surface area contributed by atoms with Crippen molar-refractivity contribution in [2.24, 2.45) is 0 Å². The average Bonchev–Trinajstić information content (AvgIpc) is 2.36. The highest BCUT2D eigenvalue weighted by atomic mass is 32.2. The fourth-order valence-corrected chi connectivity index (χ4v) is 2.65. The second-order valence-corrected chi connectivity index (χ2v) is 5.21. The van der Waals surface area contributed by atoms with Crippen LogP contribution in [0, 0.1) is 5.82 Å². The third-order valence-electron chi connectivity index (χ3n) is 2.63. The van der Waals surface area contributed by atoms with E-state index in [0.29, 0.717) is 4.90 Å². The van der Waals surface area contributed by atoms with Crippen molar-refractivity contribution >= 4 is 17.4 Å². The molecular formula is C14H11F4NS. The number of nitrogen functional groups attached to an aromatic ring is 1. The molecular weight excluding hydrogens is 290 g/mol. The Morgan fingerprint density at radius 2 is 1.80 bits per heavy atom. The Kier molecular flexibility index (Phi) is 4.23. The maximum atomic E-state index is 13.0. The van der Waals surface area contributed by atoms with Crippen molar-refractivity contribution in [2.45, 2.75) is 16.8 Å². The number of thioether (sulfide) groups is 1. The molecule has 0 unspecified atom stereocenters. The molecule has 2 aromatic carbocycles. The zero-order valence-corrected chi connectivity index (χ0v) is 11.1. The zero-order chi connectivity index (χ0) is 14.8. The molecule has 20 heavy (non-hydrogen) atoms. The second kappa shape index (κ2) is 5.75. The van der Waals surface area contributed by atoms with Gasteiger partial charge >= 0.3 is 6.18 Å². The maximum Gasteiger partial charge on any atom is 0.416 e. The van der Waals surface area contributed by atoms with Crippen molar-refractivity contribution in [1.82, 2.24) is 0 Å². The third-order valence-corrected chi connectivity index (χ3v) is 3.67. The lowest BCUT2D eigenvalue weighted by molar-refractivity contribution is -0.138. The van der Waals surface area contributed by atoms with E-state index in [-0.39, 0.29) is 17.0 Å². The quantitative estimate of drug-likeness (QED) is 0.504. The van der Waals surface area contributed by atoms with Gasteiger partial charge in [-0.25, -0.2) is 4.39 Å². The zero-order valence-electron chi connectivity index (χ0n) is 10.2. The Labute approximate surface area is 117 Å². The van der Waals surface area contributed by atoms with Crippen LogP contribution in [0.2, 0.25) is 0 Å². The minimum Gasteiger partial charge on any atom is -0.399 e. The van der Waals surface area contributed by atoms with Crippen molar-refractivity contribution < 1.29 is 17.6 Å². The van der Waals surface area contributed by atoms with Crippen LogP contribution in [0.3, 0.4) is 0 Å². The van der Waals surface area contributed by atoms with Gasteiger partial charge in [-0.15, -0.1) is 11.8 Å². The summed E-state index contributed by atoms with van der Waals surface area (Å²) >= 11 is 1.14. The van der Waals surface area contributed by atoms with Crippen LogP contribution in [0.1, 0.15) is 11.1 Å². The van der Waals surface area contributed by atoms with E-state index < -0.39 is 17.6 Å². The van der Waals surface area contributed by atoms with E-state index in [1.54, 1.807) is 6.07 Å². The van der Waals surface area contributed by atoms with Gasteiger partial charge in [0.15, 0.2) is 0 Å². The van der Waals surface area contributed by atoms with Crippen LogP contribution in [0.5, 0.6) is 0 Å². The Hall–Kier alpha value is -1.69. The third kappa shape index (κ3) is 3.66. The molecule has 0 aliphatic heterocycles. The molecule has 0 aromatic heterocycles. The summed E-state index contributed by atoms with van der Waals surface area (Å²) in [5.74, 6) is -0.318. The van der Waals surface area contributed by atoms with Gasteiger partial charge in [0.25, 0.3) is 0 Å². The highest BCUT2D eigenvalue weighted by Crippen LogP contribution is 2.36. The minimum atomic E-state index is -4.45. The summed E-state index contributed by atoms with van der Waals surface area (Å²) in [4.78, 5) is 0.579. The first-order valence-electron chi connectivity index (χ1n) is 5.70. The van der Waals surface area contributed by atoms with Crippen molar-refractivity contribution in [3.63, 3.8) is 0 Å². The predicted molar refractivity (Wildman–Crippen MR) is 71.8 cm³/mol. The van der Waals surface area contributed by atoms with Crippen LogP contribution >= 0.6 is 11.8 Å². The van der Waals surface area contributed by atoms with Crippen LogP contribution in [0.4, 0.5) is 23.2 Å². The first-order chi connectivity index (χ1) is 9.36. The summed E-state index contributed by atoms with van der Waals surface area (Å²) in [6, 6.07) is 9.44. The van der Waals surface area contributed by atoms with E-state index in [1.165, 1.54) is 30.3 Å². The first kappa shape index (κ1) is 14.7. The average molecular weight is 301 g/mol. The van der Waals surface area contributed by atoms with Crippen LogP contribution in [0.15, 0.2) is 47.4 Å². The molecule has 0 bridgehead atoms. The largest absolute Gasteiger partial charge is 0.416 e. The van der Waals surface area contributed by atoms with Gasteiger partial charge in [0, 0.05) is 16.3 Å². The van der Waals surface area contributed by atoms with Gasteiger partial charge in [0.2, 0.25) is 0 Å². The van der Waals surface area contributed by atoms with Crippen molar-refractivity contribution in [1.29, 1.82) is 0 Å². The van der Waals surface area contributed by atoms with E-state index in [2.05, 4.69) is 0 Å². The molecule has 0 aliphatic carbocycles. The van der Waals surface area contributed by atoms with Gasteiger partial charge < -0.3 is 5.73 Å². The van der Waals surface area contributed by atoms with E-state index in [9.17, 15) is 17.6 Å². The number of rotatable bonds is 3. The Bertz CT molecular complexity index is 610. The standard InChI is InChI=1S/C14H11F4NS/c15-10-2-1-3-12(6-10)20-8-9-4-5-11(19)7-13(9)14(16,17)18/h1-7H,8,19H2. The van der Waals surface area contributed by atoms with Gasteiger partial charge in [0.05, 0.1) is 5.56 Å². The van der Waals surface area contributed by atoms with Gasteiger partial charge in [-0.05, 0) is 35.9 Å². The molecule has 0 fully saturated rings. The summed E-state index contributed by atoms with van der Waals surface area (Å²) in [7, 11) is 0. The van der Waals surface area contributed by atoms with Crippen molar-refractivity contribution in [3.05, 3.63) is 59.4 Å². The number of nitrogens with two attached hydrogens (primary N) is 1. The fraction of sp³-hybridized carbons (Fsp3) is 0.143. The minimum absolute atomic E-state index is 0.0665. The smallest absolute Gasteiger partial charge is 0.399 e. The van der Waals surface area contributed by atoms with E-state index in [1.807, 2.05) is 0 Å². The van der Waals surface area contributed by atoms with Gasteiger partial charge in [-0.1, -0.05) is 12.1 Å². The molecule has 6 heteroatoms. The van der Waals surface area contributed by atoms with E-state index in [0.717, 1.165) is 17.8 Å². The normalized spacial score (nSPS) is 11.6. The van der Waals surface area contributed by atoms with Crippen molar-refractivity contribution in [3.8, 4) is 0 Å². The lowest BCUT2D eigenvalue weighted by Gasteiger charge is -2.13. The monoisotopic (exact) mass is 301 g/mol. The fourth-order valence-electron chi connectivity index (χ4n) is 1.70. The number of anilines is 1. The molecule has 2 aromatic rings. The molecule has 0 spiro atoms. The molecule has 1 nitrogen and oxygen atoms in total. The van der Waals surface area contributed by atoms with Crippen molar-refractivity contribution in [2.75, 3.05) is 5.73 Å². The predicted octanol–water partition coefficient (Wildman–Crippen LogP) is 4.72. The number of alkyl halides is 3.